The van der Waals surface area contributed by atoms with Gasteiger partial charge >= 0.3 is 0 Å². The zero-order valence-electron chi connectivity index (χ0n) is 11.2. The van der Waals surface area contributed by atoms with Gasteiger partial charge in [0.15, 0.2) is 0 Å². The lowest BCUT2D eigenvalue weighted by atomic mass is 10.1. The van der Waals surface area contributed by atoms with Gasteiger partial charge in [-0.25, -0.2) is 0 Å². The SMILES string of the molecule is COc1ccc(O)c(CNCc2ccncc2C)c1. The molecule has 0 saturated heterocycles. The Bertz CT molecular complexity index is 556. The molecule has 1 aromatic carbocycles. The molecular formula is C15H18N2O2. The van der Waals surface area contributed by atoms with Gasteiger partial charge in [0.1, 0.15) is 11.5 Å². The maximum Gasteiger partial charge on any atom is 0.120 e. The van der Waals surface area contributed by atoms with Crippen LogP contribution in [0.5, 0.6) is 11.5 Å². The Morgan fingerprint density at radius 1 is 1.21 bits per heavy atom. The van der Waals surface area contributed by atoms with Crippen molar-refractivity contribution < 1.29 is 9.84 Å². The number of ether oxygens (including phenoxy) is 1. The van der Waals surface area contributed by atoms with Crippen LogP contribution in [0.1, 0.15) is 16.7 Å². The molecule has 100 valence electrons. The molecule has 0 spiro atoms. The molecule has 0 saturated carbocycles. The highest BCUT2D eigenvalue weighted by molar-refractivity contribution is 5.39. The van der Waals surface area contributed by atoms with Crippen molar-refractivity contribution in [1.29, 1.82) is 0 Å². The lowest BCUT2D eigenvalue weighted by molar-refractivity contribution is 0.410. The van der Waals surface area contributed by atoms with Crippen LogP contribution >= 0.6 is 0 Å². The van der Waals surface area contributed by atoms with Crippen LogP contribution in [-0.4, -0.2) is 17.2 Å². The molecule has 19 heavy (non-hydrogen) atoms. The average Bonchev–Trinajstić information content (AvgIpc) is 2.43. The van der Waals surface area contributed by atoms with E-state index in [0.29, 0.717) is 6.54 Å². The minimum absolute atomic E-state index is 0.278. The van der Waals surface area contributed by atoms with E-state index in [0.717, 1.165) is 23.4 Å². The smallest absolute Gasteiger partial charge is 0.120 e. The molecule has 0 amide bonds. The summed E-state index contributed by atoms with van der Waals surface area (Å²) in [5.41, 5.74) is 3.19. The number of benzene rings is 1. The Morgan fingerprint density at radius 2 is 2.00 bits per heavy atom. The topological polar surface area (TPSA) is 54.4 Å². The van der Waals surface area contributed by atoms with Crippen LogP contribution in [-0.2, 0) is 13.1 Å². The molecule has 0 atom stereocenters. The first-order chi connectivity index (χ1) is 9.20. The first kappa shape index (κ1) is 13.4. The molecule has 2 aromatic rings. The van der Waals surface area contributed by atoms with Crippen molar-refractivity contribution >= 4 is 0 Å². The molecule has 0 aliphatic carbocycles. The van der Waals surface area contributed by atoms with Gasteiger partial charge in [0.2, 0.25) is 0 Å². The third-order valence-electron chi connectivity index (χ3n) is 3.05. The number of phenols is 1. The molecule has 0 fully saturated rings. The molecule has 0 radical (unpaired) electrons. The fraction of sp³-hybridized carbons (Fsp3) is 0.267. The molecule has 0 aliphatic heterocycles. The predicted octanol–water partition coefficient (Wildman–Crippen LogP) is 2.39. The summed E-state index contributed by atoms with van der Waals surface area (Å²) < 4.78 is 5.15. The number of phenolic OH excluding ortho intramolecular Hbond substituents is 1. The first-order valence-corrected chi connectivity index (χ1v) is 6.17. The van der Waals surface area contributed by atoms with E-state index in [4.69, 9.17) is 4.74 Å². The third-order valence-corrected chi connectivity index (χ3v) is 3.05. The van der Waals surface area contributed by atoms with E-state index < -0.39 is 0 Å². The fourth-order valence-electron chi connectivity index (χ4n) is 1.86. The van der Waals surface area contributed by atoms with Crippen LogP contribution < -0.4 is 10.1 Å². The lowest BCUT2D eigenvalue weighted by Gasteiger charge is -2.10. The second-order valence-electron chi connectivity index (χ2n) is 4.40. The van der Waals surface area contributed by atoms with Gasteiger partial charge in [0.05, 0.1) is 7.11 Å². The van der Waals surface area contributed by atoms with E-state index in [1.807, 2.05) is 25.3 Å². The van der Waals surface area contributed by atoms with Gasteiger partial charge < -0.3 is 15.2 Å². The molecule has 0 bridgehead atoms. The van der Waals surface area contributed by atoms with Crippen LogP contribution in [0.3, 0.4) is 0 Å². The Kier molecular flexibility index (Phi) is 4.36. The number of aromatic nitrogens is 1. The number of aromatic hydroxyl groups is 1. The highest BCUT2D eigenvalue weighted by atomic mass is 16.5. The quantitative estimate of drug-likeness (QED) is 0.864. The Labute approximate surface area is 113 Å². The van der Waals surface area contributed by atoms with Crippen LogP contribution in [0.2, 0.25) is 0 Å². The summed E-state index contributed by atoms with van der Waals surface area (Å²) in [6, 6.07) is 7.22. The number of methoxy groups -OCH3 is 1. The van der Waals surface area contributed by atoms with Crippen LogP contribution in [0.4, 0.5) is 0 Å². The molecule has 1 heterocycles. The summed E-state index contributed by atoms with van der Waals surface area (Å²) >= 11 is 0. The molecule has 4 nitrogen and oxygen atoms in total. The summed E-state index contributed by atoms with van der Waals surface area (Å²) in [7, 11) is 1.61. The summed E-state index contributed by atoms with van der Waals surface area (Å²) in [6.07, 6.45) is 3.63. The van der Waals surface area contributed by atoms with Gasteiger partial charge in [0.25, 0.3) is 0 Å². The summed E-state index contributed by atoms with van der Waals surface area (Å²) in [5.74, 6) is 1.02. The van der Waals surface area contributed by atoms with Crippen molar-refractivity contribution in [2.24, 2.45) is 0 Å². The minimum Gasteiger partial charge on any atom is -0.508 e. The number of nitrogens with one attached hydrogen (secondary N) is 1. The van der Waals surface area contributed by atoms with Crippen LogP contribution in [0.15, 0.2) is 36.7 Å². The summed E-state index contributed by atoms with van der Waals surface area (Å²) in [4.78, 5) is 4.06. The molecule has 1 aromatic heterocycles. The van der Waals surface area contributed by atoms with Crippen molar-refractivity contribution in [2.75, 3.05) is 7.11 Å². The average molecular weight is 258 g/mol. The van der Waals surface area contributed by atoms with Gasteiger partial charge in [-0.3, -0.25) is 4.98 Å². The van der Waals surface area contributed by atoms with E-state index in [1.54, 1.807) is 25.4 Å². The second kappa shape index (κ2) is 6.20. The normalized spacial score (nSPS) is 10.4. The number of aryl methyl sites for hydroxylation is 1. The monoisotopic (exact) mass is 258 g/mol. The number of rotatable bonds is 5. The predicted molar refractivity (Wildman–Crippen MR) is 74.2 cm³/mol. The van der Waals surface area contributed by atoms with Crippen molar-refractivity contribution in [3.63, 3.8) is 0 Å². The van der Waals surface area contributed by atoms with E-state index in [-0.39, 0.29) is 5.75 Å². The Morgan fingerprint density at radius 3 is 2.74 bits per heavy atom. The zero-order chi connectivity index (χ0) is 13.7. The molecular weight excluding hydrogens is 240 g/mol. The second-order valence-corrected chi connectivity index (χ2v) is 4.40. The van der Waals surface area contributed by atoms with Gasteiger partial charge in [-0.1, -0.05) is 0 Å². The van der Waals surface area contributed by atoms with Crippen LogP contribution in [0, 0.1) is 6.92 Å². The molecule has 2 N–H and O–H groups in total. The molecule has 4 heteroatoms. The van der Waals surface area contributed by atoms with E-state index >= 15 is 0 Å². The van der Waals surface area contributed by atoms with Crippen molar-refractivity contribution in [3.8, 4) is 11.5 Å². The number of hydrogen-bond donors (Lipinski definition) is 2. The fourth-order valence-corrected chi connectivity index (χ4v) is 1.86. The zero-order valence-corrected chi connectivity index (χ0v) is 11.2. The summed E-state index contributed by atoms with van der Waals surface area (Å²) in [5, 5.41) is 13.1. The molecule has 0 unspecified atom stereocenters. The third kappa shape index (κ3) is 3.45. The molecule has 0 aliphatic rings. The van der Waals surface area contributed by atoms with Crippen molar-refractivity contribution in [1.82, 2.24) is 10.3 Å². The standard InChI is InChI=1S/C15H18N2O2/c1-11-8-16-6-5-12(11)9-17-10-13-7-14(19-2)3-4-15(13)18/h3-8,17-18H,9-10H2,1-2H3. The summed E-state index contributed by atoms with van der Waals surface area (Å²) in [6.45, 7) is 3.36. The van der Waals surface area contributed by atoms with Gasteiger partial charge in [0, 0.05) is 31.0 Å². The largest absolute Gasteiger partial charge is 0.508 e. The molecule has 2 rings (SSSR count). The highest BCUT2D eigenvalue weighted by Crippen LogP contribution is 2.22. The number of nitrogens with zero attached hydrogens (tertiary/aromatic N) is 1. The Hall–Kier alpha value is -2.07. The van der Waals surface area contributed by atoms with Crippen molar-refractivity contribution in [3.05, 3.63) is 53.3 Å². The minimum atomic E-state index is 0.278. The van der Waals surface area contributed by atoms with E-state index in [9.17, 15) is 5.11 Å². The van der Waals surface area contributed by atoms with Gasteiger partial charge in [-0.2, -0.15) is 0 Å². The number of hydrogen-bond acceptors (Lipinski definition) is 4. The first-order valence-electron chi connectivity index (χ1n) is 6.17. The maximum atomic E-state index is 9.78. The van der Waals surface area contributed by atoms with E-state index in [1.165, 1.54) is 5.56 Å². The van der Waals surface area contributed by atoms with Crippen LogP contribution in [0.25, 0.3) is 0 Å². The Balaban J connectivity index is 1.98. The van der Waals surface area contributed by atoms with Crippen molar-refractivity contribution in [2.45, 2.75) is 20.0 Å². The maximum absolute atomic E-state index is 9.78. The van der Waals surface area contributed by atoms with Gasteiger partial charge in [-0.05, 0) is 42.3 Å². The highest BCUT2D eigenvalue weighted by Gasteiger charge is 2.03. The van der Waals surface area contributed by atoms with Gasteiger partial charge in [-0.15, -0.1) is 0 Å². The lowest BCUT2D eigenvalue weighted by Crippen LogP contribution is -2.13. The number of pyridine rings is 1. The van der Waals surface area contributed by atoms with E-state index in [2.05, 4.69) is 10.3 Å².